The Bertz CT molecular complexity index is 1580. The lowest BCUT2D eigenvalue weighted by Gasteiger charge is -2.38. The minimum atomic E-state index is -3.86. The molecule has 50 heavy (non-hydrogen) atoms. The van der Waals surface area contributed by atoms with Crippen molar-refractivity contribution in [3.63, 3.8) is 0 Å². The highest BCUT2D eigenvalue weighted by molar-refractivity contribution is 7.91. The fourth-order valence-corrected chi connectivity index (χ4v) is 10.7. The van der Waals surface area contributed by atoms with Crippen LogP contribution in [0.3, 0.4) is 0 Å². The lowest BCUT2D eigenvalue weighted by atomic mass is 9.73. The molecule has 2 spiro atoms. The number of hydrogen-bond donors (Lipinski definition) is 3. The van der Waals surface area contributed by atoms with Crippen molar-refractivity contribution in [3.8, 4) is 0 Å². The number of sulfonamides is 1. The molecule has 13 heteroatoms. The number of nitrogens with zero attached hydrogens (tertiary/aromatic N) is 2. The van der Waals surface area contributed by atoms with Crippen molar-refractivity contribution in [2.24, 2.45) is 38.9 Å². The van der Waals surface area contributed by atoms with Gasteiger partial charge in [-0.25, -0.2) is 8.42 Å². The van der Waals surface area contributed by atoms with Crippen LogP contribution >= 0.6 is 0 Å². The molecule has 280 valence electrons. The first kappa shape index (κ1) is 38.3. The highest BCUT2D eigenvalue weighted by atomic mass is 32.2. The van der Waals surface area contributed by atoms with Crippen LogP contribution < -0.4 is 15.4 Å². The third-order valence-corrected chi connectivity index (χ3v) is 15.1. The Balaban J connectivity index is 1.45. The summed E-state index contributed by atoms with van der Waals surface area (Å²) in [6.07, 6.45) is 6.20. The summed E-state index contributed by atoms with van der Waals surface area (Å²) < 4.78 is 27.6. The molecule has 0 bridgehead atoms. The van der Waals surface area contributed by atoms with Crippen molar-refractivity contribution in [2.75, 3.05) is 20.6 Å². The van der Waals surface area contributed by atoms with Crippen molar-refractivity contribution < 1.29 is 32.4 Å². The first-order chi connectivity index (χ1) is 22.8. The second-order valence-corrected chi connectivity index (χ2v) is 20.7. The van der Waals surface area contributed by atoms with Crippen LogP contribution in [0.4, 0.5) is 0 Å². The predicted molar refractivity (Wildman–Crippen MR) is 190 cm³/mol. The van der Waals surface area contributed by atoms with Crippen molar-refractivity contribution in [1.82, 2.24) is 25.2 Å². The van der Waals surface area contributed by atoms with E-state index in [0.717, 1.165) is 19.3 Å². The summed E-state index contributed by atoms with van der Waals surface area (Å²) in [5.74, 6) is -3.46. The second kappa shape index (κ2) is 12.0. The quantitative estimate of drug-likeness (QED) is 0.277. The lowest BCUT2D eigenvalue weighted by molar-refractivity contribution is -0.146. The number of amides is 5. The van der Waals surface area contributed by atoms with Crippen LogP contribution in [-0.2, 0) is 34.0 Å². The fraction of sp³-hybridized carbons (Fsp3) is 0.811. The van der Waals surface area contributed by atoms with Crippen LogP contribution in [0, 0.1) is 38.9 Å². The number of carbonyl (C=O) groups is 5. The van der Waals surface area contributed by atoms with Gasteiger partial charge in [-0.15, -0.1) is 6.58 Å². The standard InChI is InChI=1S/C37H59N5O7S/c1-12-22-19-37(22,31(47)40-50(48,49)23-14-15-23)39-29(45)25-20-36(34(8,9)35(36)16-13-17-35)21-42(25)30(46)27(33(5,6)7)38-28(44)24(32(2,3)4)18-26(43)41(10)11/h12,22-25,27H,1,13-21H2,2-11H3,(H,38,44)(H,39,45)(H,40,47)/t22-,24-,25+,27-,36-,37-/m1/s1. The largest absolute Gasteiger partial charge is 0.349 e. The summed E-state index contributed by atoms with van der Waals surface area (Å²) in [5.41, 5.74) is -3.27. The number of rotatable bonds is 11. The summed E-state index contributed by atoms with van der Waals surface area (Å²) >= 11 is 0. The fourth-order valence-electron chi connectivity index (χ4n) is 9.29. The summed E-state index contributed by atoms with van der Waals surface area (Å²) in [4.78, 5) is 72.7. The molecule has 0 aromatic heterocycles. The molecule has 5 fully saturated rings. The van der Waals surface area contributed by atoms with Gasteiger partial charge in [0.2, 0.25) is 33.7 Å². The third-order valence-electron chi connectivity index (χ3n) is 13.3. The van der Waals surface area contributed by atoms with E-state index in [0.29, 0.717) is 25.8 Å². The molecule has 4 saturated carbocycles. The summed E-state index contributed by atoms with van der Waals surface area (Å²) in [6.45, 7) is 19.8. The molecule has 0 aromatic rings. The van der Waals surface area contributed by atoms with Gasteiger partial charge >= 0.3 is 0 Å². The van der Waals surface area contributed by atoms with Crippen LogP contribution in [-0.4, -0.2) is 91.3 Å². The zero-order chi connectivity index (χ0) is 37.6. The van der Waals surface area contributed by atoms with Gasteiger partial charge in [0.05, 0.1) is 11.2 Å². The molecule has 6 atom stereocenters. The van der Waals surface area contributed by atoms with Gasteiger partial charge < -0.3 is 20.4 Å². The highest BCUT2D eigenvalue weighted by Crippen LogP contribution is 2.88. The van der Waals surface area contributed by atoms with E-state index < -0.39 is 79.2 Å². The molecule has 4 aliphatic carbocycles. The molecular formula is C37H59N5O7S. The average molecular weight is 718 g/mol. The maximum Gasteiger partial charge on any atom is 0.259 e. The topological polar surface area (TPSA) is 162 Å². The smallest absolute Gasteiger partial charge is 0.259 e. The summed E-state index contributed by atoms with van der Waals surface area (Å²) in [6, 6.07) is -1.95. The van der Waals surface area contributed by atoms with Crippen molar-refractivity contribution in [3.05, 3.63) is 12.7 Å². The molecule has 5 rings (SSSR count). The number of fused-ring (bicyclic) bond motifs is 1. The summed E-state index contributed by atoms with van der Waals surface area (Å²) in [7, 11) is -0.575. The average Bonchev–Trinajstić information content (AvgIpc) is 3.90. The minimum absolute atomic E-state index is 0.00541. The molecule has 1 aliphatic heterocycles. The Kier molecular flexibility index (Phi) is 9.22. The highest BCUT2D eigenvalue weighted by Gasteiger charge is 2.85. The number of likely N-dealkylation sites (tertiary alicyclic amines) is 1. The normalized spacial score (nSPS) is 30.5. The van der Waals surface area contributed by atoms with E-state index in [2.05, 4.69) is 35.8 Å². The van der Waals surface area contributed by atoms with Crippen LogP contribution in [0.15, 0.2) is 12.7 Å². The lowest BCUT2D eigenvalue weighted by Crippen LogP contribution is -2.61. The number of carbonyl (C=O) groups excluding carboxylic acids is 5. The third kappa shape index (κ3) is 6.06. The first-order valence-electron chi connectivity index (χ1n) is 18.1. The molecular weight excluding hydrogens is 659 g/mol. The van der Waals surface area contributed by atoms with Gasteiger partial charge in [-0.3, -0.25) is 28.7 Å². The molecule has 1 saturated heterocycles. The van der Waals surface area contributed by atoms with E-state index in [-0.39, 0.29) is 35.0 Å². The van der Waals surface area contributed by atoms with E-state index in [4.69, 9.17) is 0 Å². The summed E-state index contributed by atoms with van der Waals surface area (Å²) in [5, 5.41) is 5.32. The van der Waals surface area contributed by atoms with Gasteiger partial charge in [0.25, 0.3) is 5.91 Å². The molecule has 12 nitrogen and oxygen atoms in total. The Labute approximate surface area is 298 Å². The first-order valence-corrected chi connectivity index (χ1v) is 19.7. The van der Waals surface area contributed by atoms with Crippen molar-refractivity contribution in [1.29, 1.82) is 0 Å². The van der Waals surface area contributed by atoms with Crippen molar-refractivity contribution in [2.45, 2.75) is 130 Å². The van der Waals surface area contributed by atoms with E-state index in [1.807, 2.05) is 41.5 Å². The maximum atomic E-state index is 14.9. The van der Waals surface area contributed by atoms with E-state index in [1.54, 1.807) is 25.1 Å². The van der Waals surface area contributed by atoms with Gasteiger partial charge in [0.1, 0.15) is 17.6 Å². The van der Waals surface area contributed by atoms with Gasteiger partial charge in [-0.2, -0.15) is 0 Å². The zero-order valence-electron chi connectivity index (χ0n) is 31.7. The van der Waals surface area contributed by atoms with Gasteiger partial charge in [0.15, 0.2) is 0 Å². The number of hydrogen-bond acceptors (Lipinski definition) is 7. The Morgan fingerprint density at radius 1 is 0.960 bits per heavy atom. The molecule has 1 heterocycles. The predicted octanol–water partition coefficient (Wildman–Crippen LogP) is 3.12. The van der Waals surface area contributed by atoms with Gasteiger partial charge in [0, 0.05) is 38.4 Å². The van der Waals surface area contributed by atoms with Crippen LogP contribution in [0.2, 0.25) is 0 Å². The SMILES string of the molecule is C=C[C@@H]1C[C@]1(NC(=O)[C@@H]1C[C@@]2(CN1C(=O)[C@@H](NC(=O)[C@@H](CC(=O)N(C)C)C(C)(C)C)C(C)(C)C)C(C)(C)C21CCC1)C(=O)NS(=O)(=O)C1CC1. The molecule has 5 aliphatic rings. The molecule has 0 unspecified atom stereocenters. The van der Waals surface area contributed by atoms with Crippen LogP contribution in [0.1, 0.15) is 107 Å². The van der Waals surface area contributed by atoms with Crippen LogP contribution in [0.25, 0.3) is 0 Å². The molecule has 5 amide bonds. The van der Waals surface area contributed by atoms with E-state index in [9.17, 15) is 32.4 Å². The molecule has 0 radical (unpaired) electrons. The van der Waals surface area contributed by atoms with E-state index >= 15 is 0 Å². The molecule has 0 aromatic carbocycles. The second-order valence-electron chi connectivity index (χ2n) is 18.7. The Morgan fingerprint density at radius 2 is 1.56 bits per heavy atom. The van der Waals surface area contributed by atoms with Crippen LogP contribution in [0.5, 0.6) is 0 Å². The molecule has 3 N–H and O–H groups in total. The van der Waals surface area contributed by atoms with Crippen molar-refractivity contribution >= 4 is 39.6 Å². The monoisotopic (exact) mass is 717 g/mol. The van der Waals surface area contributed by atoms with Gasteiger partial charge in [-0.1, -0.05) is 67.9 Å². The Hall–Kier alpha value is -2.96. The van der Waals surface area contributed by atoms with E-state index in [1.165, 1.54) is 4.90 Å². The Morgan fingerprint density at radius 3 is 1.98 bits per heavy atom. The maximum absolute atomic E-state index is 14.9. The minimum Gasteiger partial charge on any atom is -0.349 e. The van der Waals surface area contributed by atoms with Gasteiger partial charge in [-0.05, 0) is 60.2 Å². The number of nitrogens with one attached hydrogen (secondary N) is 3. The zero-order valence-corrected chi connectivity index (χ0v) is 32.5.